The molecule has 34 heavy (non-hydrogen) atoms. The summed E-state index contributed by atoms with van der Waals surface area (Å²) in [5, 5.41) is 9.67. The van der Waals surface area contributed by atoms with Gasteiger partial charge in [0.2, 0.25) is 0 Å². The summed E-state index contributed by atoms with van der Waals surface area (Å²) >= 11 is 0. The van der Waals surface area contributed by atoms with Crippen LogP contribution in [0.4, 0.5) is 4.39 Å². The fourth-order valence-corrected chi connectivity index (χ4v) is 4.38. The Kier molecular flexibility index (Phi) is 10.9. The predicted molar refractivity (Wildman–Crippen MR) is 141 cm³/mol. The first-order chi connectivity index (χ1) is 16.5. The molecule has 2 unspecified atom stereocenters. The second-order valence-corrected chi connectivity index (χ2v) is 8.38. The van der Waals surface area contributed by atoms with E-state index in [1.165, 1.54) is 6.07 Å². The van der Waals surface area contributed by atoms with Crippen LogP contribution in [0.25, 0.3) is 6.08 Å². The van der Waals surface area contributed by atoms with E-state index in [9.17, 15) is 9.18 Å². The lowest BCUT2D eigenvalue weighted by molar-refractivity contribution is -0.139. The van der Waals surface area contributed by atoms with Gasteiger partial charge in [0.1, 0.15) is 11.4 Å². The molecule has 1 saturated heterocycles. The first-order valence-electron chi connectivity index (χ1n) is 12.6. The number of halogens is 1. The first-order valence-corrected chi connectivity index (χ1v) is 12.6. The Bertz CT molecular complexity index is 930. The quantitative estimate of drug-likeness (QED) is 0.546. The number of allylic oxidation sites excluding steroid dienone is 3. The summed E-state index contributed by atoms with van der Waals surface area (Å²) in [5.74, 6) is -0.388. The molecule has 1 N–H and O–H groups in total. The number of amides is 1. The molecular formula is C28H41FN4O. The lowest BCUT2D eigenvalue weighted by Gasteiger charge is -2.37. The average molecular weight is 469 g/mol. The number of nitrogens with zero attached hydrogens (tertiary/aromatic N) is 3. The van der Waals surface area contributed by atoms with Gasteiger partial charge < -0.3 is 5.32 Å². The highest BCUT2D eigenvalue weighted by atomic mass is 19.1. The monoisotopic (exact) mass is 468 g/mol. The maximum atomic E-state index is 14.9. The summed E-state index contributed by atoms with van der Waals surface area (Å²) in [6.07, 6.45) is 13.2. The molecule has 2 heterocycles. The number of carbonyl (C=O) groups excluding carboxylic acids is 1. The fraction of sp³-hybridized carbons (Fsp3) is 0.500. The van der Waals surface area contributed by atoms with Crippen LogP contribution in [0.5, 0.6) is 0 Å². The van der Waals surface area contributed by atoms with Crippen molar-refractivity contribution in [1.82, 2.24) is 15.2 Å². The van der Waals surface area contributed by atoms with Crippen LogP contribution in [0, 0.1) is 5.82 Å². The van der Waals surface area contributed by atoms with Gasteiger partial charge in [0.15, 0.2) is 0 Å². The predicted octanol–water partition coefficient (Wildman–Crippen LogP) is 5.40. The fourth-order valence-electron chi connectivity index (χ4n) is 4.38. The van der Waals surface area contributed by atoms with Gasteiger partial charge in [-0.25, -0.2) is 9.40 Å². The van der Waals surface area contributed by atoms with Crippen LogP contribution in [-0.2, 0) is 4.79 Å². The van der Waals surface area contributed by atoms with Crippen LogP contribution < -0.4 is 5.32 Å². The van der Waals surface area contributed by atoms with Gasteiger partial charge in [0.05, 0.1) is 11.8 Å². The molecule has 6 heteroatoms. The highest BCUT2D eigenvalue weighted by molar-refractivity contribution is 6.05. The van der Waals surface area contributed by atoms with Gasteiger partial charge in [-0.2, -0.15) is 5.10 Å². The van der Waals surface area contributed by atoms with Gasteiger partial charge in [-0.15, -0.1) is 0 Å². The Labute approximate surface area is 205 Å². The van der Waals surface area contributed by atoms with Crippen molar-refractivity contribution >= 4 is 17.7 Å². The van der Waals surface area contributed by atoms with Crippen molar-refractivity contribution in [2.24, 2.45) is 5.10 Å². The van der Waals surface area contributed by atoms with E-state index in [4.69, 9.17) is 5.10 Å². The van der Waals surface area contributed by atoms with Crippen LogP contribution in [0.1, 0.15) is 65.5 Å². The number of hydrogen-bond acceptors (Lipinski definition) is 4. The Morgan fingerprint density at radius 1 is 1.21 bits per heavy atom. The Balaban J connectivity index is 0.00000199. The van der Waals surface area contributed by atoms with E-state index in [1.807, 2.05) is 71.1 Å². The first kappa shape index (κ1) is 27.7. The number of benzene rings is 1. The van der Waals surface area contributed by atoms with E-state index in [-0.39, 0.29) is 17.8 Å². The van der Waals surface area contributed by atoms with E-state index in [0.717, 1.165) is 38.2 Å². The average Bonchev–Trinajstić information content (AvgIpc) is 3.24. The van der Waals surface area contributed by atoms with E-state index in [2.05, 4.69) is 23.2 Å². The third-order valence-electron chi connectivity index (χ3n) is 6.09. The summed E-state index contributed by atoms with van der Waals surface area (Å²) in [6, 6.07) is 4.73. The van der Waals surface area contributed by atoms with Gasteiger partial charge in [0, 0.05) is 38.2 Å². The lowest BCUT2D eigenvalue weighted by Crippen LogP contribution is -2.55. The van der Waals surface area contributed by atoms with Crippen LogP contribution in [0.15, 0.2) is 53.7 Å². The Morgan fingerprint density at radius 2 is 1.91 bits per heavy atom. The van der Waals surface area contributed by atoms with E-state index >= 15 is 0 Å². The number of rotatable bonds is 7. The molecule has 0 aromatic heterocycles. The second kappa shape index (κ2) is 13.4. The van der Waals surface area contributed by atoms with Crippen LogP contribution in [-0.4, -0.2) is 59.3 Å². The molecule has 2 atom stereocenters. The highest BCUT2D eigenvalue weighted by Crippen LogP contribution is 2.35. The maximum Gasteiger partial charge on any atom is 0.260 e. The smallest absolute Gasteiger partial charge is 0.260 e. The number of carbonyl (C=O) groups is 1. The largest absolute Gasteiger partial charge is 0.314 e. The van der Waals surface area contributed by atoms with E-state index in [0.29, 0.717) is 17.7 Å². The van der Waals surface area contributed by atoms with Crippen molar-refractivity contribution in [3.63, 3.8) is 0 Å². The molecular weight excluding hydrogens is 427 g/mol. The van der Waals surface area contributed by atoms with Gasteiger partial charge in [0.25, 0.3) is 5.91 Å². The molecule has 1 aromatic rings. The molecule has 1 aromatic carbocycles. The molecule has 0 spiro atoms. The molecule has 2 aliphatic rings. The molecule has 0 aliphatic carbocycles. The topological polar surface area (TPSA) is 47.9 Å². The summed E-state index contributed by atoms with van der Waals surface area (Å²) in [7, 11) is 0. The number of piperazine rings is 1. The lowest BCUT2D eigenvalue weighted by atomic mass is 9.88. The van der Waals surface area contributed by atoms with Gasteiger partial charge in [-0.1, -0.05) is 63.3 Å². The molecule has 5 nitrogen and oxygen atoms in total. The van der Waals surface area contributed by atoms with Crippen molar-refractivity contribution in [3.05, 3.63) is 65.5 Å². The highest BCUT2D eigenvalue weighted by Gasteiger charge is 2.45. The Hall–Kier alpha value is -2.57. The summed E-state index contributed by atoms with van der Waals surface area (Å²) in [6.45, 7) is 15.2. The summed E-state index contributed by atoms with van der Waals surface area (Å²) in [5.41, 5.74) is 1.21. The molecule has 1 amide bonds. The van der Waals surface area contributed by atoms with Crippen molar-refractivity contribution < 1.29 is 9.18 Å². The maximum absolute atomic E-state index is 14.9. The van der Waals surface area contributed by atoms with Crippen molar-refractivity contribution in [2.75, 3.05) is 26.2 Å². The standard InChI is InChI=1S/C26H35FN4O.C2H6/c1-5-8-13-26(12-7-3)19-24(22-18-21(9-6-2)10-11-23(22)27)29-31(26)25(32)20(4)30-16-14-28-15-17-30;1-2/h6-13,18,20,28H,5,14-17,19H2,1-4H3;1-2H3/b9-6?,12-7-,13-8+;. The molecule has 0 bridgehead atoms. The van der Waals surface area contributed by atoms with Crippen molar-refractivity contribution in [2.45, 2.75) is 66.0 Å². The van der Waals surface area contributed by atoms with Crippen LogP contribution >= 0.6 is 0 Å². The molecule has 186 valence electrons. The zero-order chi connectivity index (χ0) is 25.1. The van der Waals surface area contributed by atoms with Gasteiger partial charge >= 0.3 is 0 Å². The normalized spacial score (nSPS) is 22.3. The molecule has 0 radical (unpaired) electrons. The van der Waals surface area contributed by atoms with Crippen molar-refractivity contribution in [3.8, 4) is 0 Å². The summed E-state index contributed by atoms with van der Waals surface area (Å²) < 4.78 is 14.9. The molecule has 3 rings (SSSR count). The minimum atomic E-state index is -0.734. The van der Waals surface area contributed by atoms with E-state index in [1.54, 1.807) is 11.1 Å². The van der Waals surface area contributed by atoms with Crippen LogP contribution in [0.2, 0.25) is 0 Å². The summed E-state index contributed by atoms with van der Waals surface area (Å²) in [4.78, 5) is 15.9. The molecule has 1 fully saturated rings. The third-order valence-corrected chi connectivity index (χ3v) is 6.09. The zero-order valence-electron chi connectivity index (χ0n) is 21.6. The minimum Gasteiger partial charge on any atom is -0.314 e. The number of hydrazone groups is 1. The number of nitrogens with one attached hydrogen (secondary N) is 1. The van der Waals surface area contributed by atoms with Crippen LogP contribution in [0.3, 0.4) is 0 Å². The SMILES string of the molecule is CC.CC=Cc1ccc(F)c(C2=NN(C(=O)C(C)N3CCNCC3)C(/C=C\C)(/C=C/CC)C2)c1. The van der Waals surface area contributed by atoms with Gasteiger partial charge in [-0.3, -0.25) is 9.69 Å². The zero-order valence-corrected chi connectivity index (χ0v) is 21.6. The molecule has 0 saturated carbocycles. The molecule has 2 aliphatic heterocycles. The Morgan fingerprint density at radius 3 is 2.53 bits per heavy atom. The third kappa shape index (κ3) is 6.30. The second-order valence-electron chi connectivity index (χ2n) is 8.38. The van der Waals surface area contributed by atoms with Gasteiger partial charge in [-0.05, 0) is 44.9 Å². The number of hydrogen-bond donors (Lipinski definition) is 1. The van der Waals surface area contributed by atoms with E-state index < -0.39 is 5.54 Å². The minimum absolute atomic E-state index is 0.0641. The van der Waals surface area contributed by atoms with Crippen molar-refractivity contribution in [1.29, 1.82) is 0 Å².